The minimum atomic E-state index is 0.330. The van der Waals surface area contributed by atoms with E-state index in [0.29, 0.717) is 11.8 Å². The van der Waals surface area contributed by atoms with Crippen LogP contribution in [0.25, 0.3) is 82.5 Å². The quantitative estimate of drug-likeness (QED) is 0.179. The highest BCUT2D eigenvalue weighted by Gasteiger charge is 2.20. The summed E-state index contributed by atoms with van der Waals surface area (Å²) >= 11 is 0. The lowest BCUT2D eigenvalue weighted by Crippen LogP contribution is -2.07. The molecular formula is C47H33N3. The summed E-state index contributed by atoms with van der Waals surface area (Å²) in [5.41, 5.74) is 11.0. The molecule has 7 aromatic carbocycles. The fraction of sp³-hybridized carbons (Fsp3) is 0.0638. The van der Waals surface area contributed by atoms with Gasteiger partial charge in [-0.05, 0) is 69.8 Å². The third kappa shape index (κ3) is 4.51. The summed E-state index contributed by atoms with van der Waals surface area (Å²) in [5, 5.41) is 7.18. The number of allylic oxidation sites excluding steroid dienone is 4. The first-order valence-corrected chi connectivity index (χ1v) is 17.4. The number of para-hydroxylation sites is 2. The zero-order valence-electron chi connectivity index (χ0n) is 27.7. The maximum absolute atomic E-state index is 5.41. The van der Waals surface area contributed by atoms with E-state index >= 15 is 0 Å². The first-order chi connectivity index (χ1) is 24.7. The number of benzene rings is 7. The third-order valence-corrected chi connectivity index (χ3v) is 10.5. The Morgan fingerprint density at radius 2 is 1.14 bits per heavy atom. The van der Waals surface area contributed by atoms with Gasteiger partial charge in [-0.3, -0.25) is 4.98 Å². The van der Waals surface area contributed by atoms with Gasteiger partial charge in [-0.25, -0.2) is 4.98 Å². The molecule has 9 aromatic rings. The molecule has 0 bridgehead atoms. The molecule has 236 valence electrons. The minimum absolute atomic E-state index is 0.330. The molecule has 1 aliphatic carbocycles. The van der Waals surface area contributed by atoms with Gasteiger partial charge in [-0.2, -0.15) is 0 Å². The SMILES string of the molecule is CC1C=CC=CC1c1ccc2c3ccc(-c4ccccc4)cc3c3nc(-c4ccc(-n5c6ccccc6c6ccccc65)cc4)cnc3c2c1. The predicted octanol–water partition coefficient (Wildman–Crippen LogP) is 12.2. The number of nitrogens with zero attached hydrogens (tertiary/aromatic N) is 3. The van der Waals surface area contributed by atoms with Crippen LogP contribution in [0.5, 0.6) is 0 Å². The summed E-state index contributed by atoms with van der Waals surface area (Å²) in [5.74, 6) is 0.761. The number of hydrogen-bond acceptors (Lipinski definition) is 2. The monoisotopic (exact) mass is 639 g/mol. The second-order valence-electron chi connectivity index (χ2n) is 13.5. The van der Waals surface area contributed by atoms with Crippen molar-refractivity contribution in [3.8, 4) is 28.1 Å². The molecule has 3 nitrogen and oxygen atoms in total. The average molecular weight is 640 g/mol. The Kier molecular flexibility index (Phi) is 6.53. The van der Waals surface area contributed by atoms with Crippen LogP contribution < -0.4 is 0 Å². The zero-order valence-corrected chi connectivity index (χ0v) is 27.7. The van der Waals surface area contributed by atoms with Crippen molar-refractivity contribution in [1.29, 1.82) is 0 Å². The van der Waals surface area contributed by atoms with Crippen molar-refractivity contribution >= 4 is 54.4 Å². The molecule has 0 radical (unpaired) electrons. The number of hydrogen-bond donors (Lipinski definition) is 0. The molecule has 1 aliphatic rings. The maximum atomic E-state index is 5.41. The maximum Gasteiger partial charge on any atom is 0.0979 e. The van der Waals surface area contributed by atoms with Crippen LogP contribution in [0, 0.1) is 5.92 Å². The van der Waals surface area contributed by atoms with Gasteiger partial charge in [0.1, 0.15) is 0 Å². The number of aromatic nitrogens is 3. The van der Waals surface area contributed by atoms with Gasteiger partial charge in [-0.15, -0.1) is 0 Å². The lowest BCUT2D eigenvalue weighted by molar-refractivity contribution is 0.636. The Morgan fingerprint density at radius 3 is 1.88 bits per heavy atom. The van der Waals surface area contributed by atoms with Crippen molar-refractivity contribution in [1.82, 2.24) is 14.5 Å². The Bertz CT molecular complexity index is 2770. The van der Waals surface area contributed by atoms with Crippen LogP contribution in [0.1, 0.15) is 18.4 Å². The van der Waals surface area contributed by atoms with Gasteiger partial charge in [0.2, 0.25) is 0 Å². The largest absolute Gasteiger partial charge is 0.309 e. The molecule has 2 heterocycles. The molecule has 0 amide bonds. The van der Waals surface area contributed by atoms with Gasteiger partial charge in [0.15, 0.2) is 0 Å². The number of rotatable bonds is 4. The van der Waals surface area contributed by atoms with Crippen molar-refractivity contribution in [2.75, 3.05) is 0 Å². The van der Waals surface area contributed by atoms with E-state index in [1.54, 1.807) is 0 Å². The molecule has 0 aliphatic heterocycles. The lowest BCUT2D eigenvalue weighted by Gasteiger charge is -2.22. The van der Waals surface area contributed by atoms with Crippen molar-refractivity contribution < 1.29 is 0 Å². The van der Waals surface area contributed by atoms with Crippen molar-refractivity contribution in [2.45, 2.75) is 12.8 Å². The molecule has 2 unspecified atom stereocenters. The second kappa shape index (κ2) is 11.4. The minimum Gasteiger partial charge on any atom is -0.309 e. The van der Waals surface area contributed by atoms with E-state index in [0.717, 1.165) is 38.8 Å². The van der Waals surface area contributed by atoms with E-state index in [-0.39, 0.29) is 0 Å². The van der Waals surface area contributed by atoms with Crippen LogP contribution in [0.3, 0.4) is 0 Å². The van der Waals surface area contributed by atoms with Crippen LogP contribution in [0.15, 0.2) is 170 Å². The highest BCUT2D eigenvalue weighted by Crippen LogP contribution is 2.40. The third-order valence-electron chi connectivity index (χ3n) is 10.5. The van der Waals surface area contributed by atoms with Crippen LogP contribution >= 0.6 is 0 Å². The van der Waals surface area contributed by atoms with Crippen molar-refractivity contribution in [3.05, 3.63) is 176 Å². The highest BCUT2D eigenvalue weighted by atomic mass is 15.0. The molecule has 50 heavy (non-hydrogen) atoms. The van der Waals surface area contributed by atoms with E-state index in [2.05, 4.69) is 175 Å². The Morgan fingerprint density at radius 1 is 0.500 bits per heavy atom. The molecule has 2 aromatic heterocycles. The van der Waals surface area contributed by atoms with Crippen LogP contribution in [-0.4, -0.2) is 14.5 Å². The van der Waals surface area contributed by atoms with Crippen molar-refractivity contribution in [2.24, 2.45) is 5.92 Å². The summed E-state index contributed by atoms with van der Waals surface area (Å²) in [6.45, 7) is 2.29. The molecule has 0 spiro atoms. The zero-order chi connectivity index (χ0) is 33.2. The molecule has 3 heteroatoms. The van der Waals surface area contributed by atoms with Gasteiger partial charge in [-0.1, -0.05) is 134 Å². The summed E-state index contributed by atoms with van der Waals surface area (Å²) in [6, 6.07) is 50.3. The summed E-state index contributed by atoms with van der Waals surface area (Å²) in [7, 11) is 0. The molecular weight excluding hydrogens is 607 g/mol. The summed E-state index contributed by atoms with van der Waals surface area (Å²) in [6.07, 6.45) is 10.9. The first kappa shape index (κ1) is 28.7. The summed E-state index contributed by atoms with van der Waals surface area (Å²) < 4.78 is 2.35. The van der Waals surface area contributed by atoms with Gasteiger partial charge >= 0.3 is 0 Å². The standard InChI is InChI=1S/C47H33N3/c1-30-11-5-6-14-36(30)34-22-26-37-38-25-21-33(31-12-3-2-4-13-31)27-42(38)47-46(41(37)28-34)48-29-43(49-47)32-19-23-35(24-20-32)50-44-17-9-7-15-39(44)40-16-8-10-18-45(40)50/h2-30,36H,1H3. The Balaban J connectivity index is 1.16. The van der Waals surface area contributed by atoms with Gasteiger partial charge in [0.05, 0.1) is 34.0 Å². The van der Waals surface area contributed by atoms with Gasteiger partial charge in [0.25, 0.3) is 0 Å². The number of fused-ring (bicyclic) bond motifs is 9. The fourth-order valence-corrected chi connectivity index (χ4v) is 8.01. The van der Waals surface area contributed by atoms with Crippen molar-refractivity contribution in [3.63, 3.8) is 0 Å². The molecule has 10 rings (SSSR count). The van der Waals surface area contributed by atoms with Gasteiger partial charge in [0, 0.05) is 38.7 Å². The molecule has 0 saturated carbocycles. The normalized spacial score (nSPS) is 15.9. The average Bonchev–Trinajstić information content (AvgIpc) is 3.52. The van der Waals surface area contributed by atoms with E-state index in [4.69, 9.17) is 9.97 Å². The smallest absolute Gasteiger partial charge is 0.0979 e. The Labute approximate surface area is 290 Å². The lowest BCUT2D eigenvalue weighted by atomic mass is 9.83. The molecule has 0 fully saturated rings. The van der Waals surface area contributed by atoms with Gasteiger partial charge < -0.3 is 4.57 Å². The van der Waals surface area contributed by atoms with E-state index < -0.39 is 0 Å². The second-order valence-corrected chi connectivity index (χ2v) is 13.5. The molecule has 2 atom stereocenters. The summed E-state index contributed by atoms with van der Waals surface area (Å²) in [4.78, 5) is 10.6. The highest BCUT2D eigenvalue weighted by molar-refractivity contribution is 6.24. The fourth-order valence-electron chi connectivity index (χ4n) is 8.01. The van der Waals surface area contributed by atoms with Crippen LogP contribution in [0.2, 0.25) is 0 Å². The molecule has 0 N–H and O–H groups in total. The Hall–Kier alpha value is -6.32. The molecule has 0 saturated heterocycles. The van der Waals surface area contributed by atoms with E-state index in [1.807, 2.05) is 6.20 Å². The van der Waals surface area contributed by atoms with E-state index in [9.17, 15) is 0 Å². The van der Waals surface area contributed by atoms with Crippen LogP contribution in [-0.2, 0) is 0 Å². The van der Waals surface area contributed by atoms with Crippen LogP contribution in [0.4, 0.5) is 0 Å². The topological polar surface area (TPSA) is 30.7 Å². The van der Waals surface area contributed by atoms with E-state index in [1.165, 1.54) is 49.3 Å². The first-order valence-electron chi connectivity index (χ1n) is 17.4. The predicted molar refractivity (Wildman–Crippen MR) is 210 cm³/mol.